The first-order valence-corrected chi connectivity index (χ1v) is 25.0. The molecule has 1 spiro atoms. The maximum absolute atomic E-state index is 14.7. The Labute approximate surface area is 414 Å². The highest BCUT2D eigenvalue weighted by Gasteiger charge is 2.51. The number of morpholine rings is 1. The lowest BCUT2D eigenvalue weighted by Crippen LogP contribution is -2.72. The number of aliphatic hydroxyl groups is 1. The number of hydrazine groups is 1. The Hall–Kier alpha value is -5.73. The van der Waals surface area contributed by atoms with E-state index >= 15 is 0 Å². The summed E-state index contributed by atoms with van der Waals surface area (Å²) < 4.78 is 20.1. The first-order chi connectivity index (χ1) is 33.2. The van der Waals surface area contributed by atoms with Crippen LogP contribution in [-0.2, 0) is 52.8 Å². The second-order valence-corrected chi connectivity index (χ2v) is 20.8. The number of methoxy groups -OCH3 is 1. The summed E-state index contributed by atoms with van der Waals surface area (Å²) in [7, 11) is 3.21. The Kier molecular flexibility index (Phi) is 15.6. The lowest BCUT2D eigenvalue weighted by Gasteiger charge is -2.53. The van der Waals surface area contributed by atoms with Crippen LogP contribution in [0.1, 0.15) is 77.6 Å². The third-order valence-corrected chi connectivity index (χ3v) is 14.6. The smallest absolute Gasteiger partial charge is 0.355 e. The number of rotatable bonds is 11. The molecular formula is C51H69N9O9S. The number of ether oxygens (including phenoxy) is 3. The Bertz CT molecular complexity index is 2590. The second-order valence-electron chi connectivity index (χ2n) is 19.9. The van der Waals surface area contributed by atoms with Gasteiger partial charge in [-0.15, -0.1) is 11.3 Å². The van der Waals surface area contributed by atoms with Gasteiger partial charge < -0.3 is 43.9 Å². The fourth-order valence-electron chi connectivity index (χ4n) is 10.2. The number of benzene rings is 1. The van der Waals surface area contributed by atoms with E-state index in [9.17, 15) is 29.1 Å². The quantitative estimate of drug-likeness (QED) is 0.102. The molecular weight excluding hydrogens is 915 g/mol. The zero-order valence-corrected chi connectivity index (χ0v) is 42.8. The highest BCUT2D eigenvalue weighted by atomic mass is 32.1. The van der Waals surface area contributed by atoms with Crippen molar-refractivity contribution >= 4 is 63.7 Å². The number of hydrogen-bond donors (Lipinski definition) is 3. The zero-order chi connectivity index (χ0) is 50.9. The molecule has 70 heavy (non-hydrogen) atoms. The number of thiazole rings is 1. The van der Waals surface area contributed by atoms with Gasteiger partial charge in [0.1, 0.15) is 17.7 Å². The molecule has 3 saturated heterocycles. The van der Waals surface area contributed by atoms with Crippen molar-refractivity contribution in [3.05, 3.63) is 70.9 Å². The third kappa shape index (κ3) is 10.4. The first kappa shape index (κ1) is 52.1. The number of cyclic esters (lactones) is 1. The van der Waals surface area contributed by atoms with Crippen LogP contribution in [0.3, 0.4) is 0 Å². The number of carbonyl (C=O) groups excluding carboxylic acids is 5. The molecule has 0 aliphatic carbocycles. The Morgan fingerprint density at radius 2 is 1.86 bits per heavy atom. The van der Waals surface area contributed by atoms with E-state index in [0.717, 1.165) is 33.3 Å². The topological polar surface area (TPSA) is 200 Å². The van der Waals surface area contributed by atoms with E-state index in [2.05, 4.69) is 47.5 Å². The van der Waals surface area contributed by atoms with Gasteiger partial charge in [0.15, 0.2) is 0 Å². The number of fused-ring (bicyclic) bond motifs is 6. The SMILES string of the molecule is C=CC(=O)N1CC2(C1)CN(C(=O)N(C)[C@H](C(=O)N[C@H]1Cc3nc(cs3)-c3ccc4c(c3)c(c(/C(C=C)=C(/N=CC)[C@H](C)OC)n4CC)CC(C)(C)COC(=O)[C@@]3(O)CCCN(N3)C1=O)C(C)C)CCO2. The number of nitrogens with one attached hydrogen (secondary N) is 2. The minimum atomic E-state index is -2.25. The van der Waals surface area contributed by atoms with Crippen molar-refractivity contribution in [1.29, 1.82) is 0 Å². The molecule has 3 fully saturated rings. The van der Waals surface area contributed by atoms with Gasteiger partial charge in [-0.3, -0.25) is 24.4 Å². The largest absolute Gasteiger partial charge is 0.462 e. The average Bonchev–Trinajstić information content (AvgIpc) is 3.92. The van der Waals surface area contributed by atoms with E-state index in [0.29, 0.717) is 49.0 Å². The molecule has 7 rings (SSSR count). The highest BCUT2D eigenvalue weighted by Crippen LogP contribution is 2.41. The van der Waals surface area contributed by atoms with Crippen LogP contribution in [-0.4, -0.2) is 160 Å². The van der Waals surface area contributed by atoms with Crippen molar-refractivity contribution in [2.75, 3.05) is 60.1 Å². The summed E-state index contributed by atoms with van der Waals surface area (Å²) in [5, 5.41) is 19.5. The number of urea groups is 1. The van der Waals surface area contributed by atoms with E-state index < -0.39 is 52.6 Å². The van der Waals surface area contributed by atoms with Gasteiger partial charge in [0.05, 0.1) is 61.0 Å². The summed E-state index contributed by atoms with van der Waals surface area (Å²) >= 11 is 1.34. The van der Waals surface area contributed by atoms with Crippen molar-refractivity contribution in [2.24, 2.45) is 16.3 Å². The predicted octanol–water partition coefficient (Wildman–Crippen LogP) is 4.95. The molecule has 4 aliphatic heterocycles. The summed E-state index contributed by atoms with van der Waals surface area (Å²) in [5.74, 6) is -2.71. The molecule has 4 atom stereocenters. The molecule has 2 aromatic heterocycles. The van der Waals surface area contributed by atoms with Gasteiger partial charge in [0, 0.05) is 85.7 Å². The van der Waals surface area contributed by atoms with Crippen molar-refractivity contribution in [3.63, 3.8) is 0 Å². The molecule has 18 nitrogen and oxygen atoms in total. The number of allylic oxidation sites excluding steroid dienone is 2. The second kappa shape index (κ2) is 20.9. The predicted molar refractivity (Wildman–Crippen MR) is 268 cm³/mol. The molecule has 0 saturated carbocycles. The molecule has 6 heterocycles. The lowest BCUT2D eigenvalue weighted by atomic mass is 9.84. The highest BCUT2D eigenvalue weighted by molar-refractivity contribution is 7.10. The molecule has 6 bridgehead atoms. The van der Waals surface area contributed by atoms with Gasteiger partial charge >= 0.3 is 12.0 Å². The summed E-state index contributed by atoms with van der Waals surface area (Å²) in [6, 6.07) is 3.56. The van der Waals surface area contributed by atoms with E-state index in [1.807, 2.05) is 59.1 Å². The molecule has 5 amide bonds. The molecule has 0 unspecified atom stereocenters. The minimum absolute atomic E-state index is 0.0283. The van der Waals surface area contributed by atoms with Crippen molar-refractivity contribution < 1.29 is 43.3 Å². The van der Waals surface area contributed by atoms with E-state index in [1.165, 1.54) is 27.3 Å². The number of nitrogens with zero attached hydrogens (tertiary/aromatic N) is 7. The Morgan fingerprint density at radius 1 is 1.13 bits per heavy atom. The molecule has 1 aromatic carbocycles. The van der Waals surface area contributed by atoms with Crippen LogP contribution >= 0.6 is 11.3 Å². The van der Waals surface area contributed by atoms with Gasteiger partial charge in [0.25, 0.3) is 5.91 Å². The van der Waals surface area contributed by atoms with Gasteiger partial charge in [-0.05, 0) is 63.3 Å². The lowest BCUT2D eigenvalue weighted by molar-refractivity contribution is -0.189. The standard InChI is InChI=1S/C51H69N9O9S/c1-12-34(42(52-14-3)32(7)67-11)44-36-25-49(8,9)30-68-47(64)51(66)19-16-20-60(55-51)46(63)37(24-40-53-38(26-70-40)33-17-18-39(35(36)23-33)59(44)15-4)54-45(62)43(31(5)6)56(10)48(65)57-21-22-69-50(27-57)28-58(29-50)41(61)13-2/h12-14,17-18,23,26,31-32,37,43,55,66H,1-2,15-16,19-22,24-25,27-30H2,3-11H3,(H,54,62)/b42-34+,52-14?/t32-,37-,43-,51-/m0/s1. The summed E-state index contributed by atoms with van der Waals surface area (Å²) in [5.41, 5.74) is 5.03. The van der Waals surface area contributed by atoms with Crippen molar-refractivity contribution in [1.82, 2.24) is 40.0 Å². The van der Waals surface area contributed by atoms with Crippen LogP contribution in [0.5, 0.6) is 0 Å². The molecule has 3 N–H and O–H groups in total. The van der Waals surface area contributed by atoms with Gasteiger partial charge in [-0.25, -0.2) is 14.6 Å². The molecule has 3 aromatic rings. The van der Waals surface area contributed by atoms with E-state index in [-0.39, 0.29) is 63.5 Å². The van der Waals surface area contributed by atoms with Crippen LogP contribution in [0.25, 0.3) is 27.7 Å². The number of aryl methyl sites for hydroxylation is 1. The summed E-state index contributed by atoms with van der Waals surface area (Å²) in [6.45, 7) is 23.4. The van der Waals surface area contributed by atoms with Crippen LogP contribution in [0, 0.1) is 11.3 Å². The minimum Gasteiger partial charge on any atom is -0.462 e. The van der Waals surface area contributed by atoms with Crippen LogP contribution in [0.4, 0.5) is 4.79 Å². The normalized spacial score (nSPS) is 22.8. The molecule has 4 aliphatic rings. The van der Waals surface area contributed by atoms with Gasteiger partial charge in [-0.2, -0.15) is 5.43 Å². The van der Waals surface area contributed by atoms with Crippen molar-refractivity contribution in [3.8, 4) is 11.3 Å². The Morgan fingerprint density at radius 3 is 2.51 bits per heavy atom. The van der Waals surface area contributed by atoms with Crippen LogP contribution in [0.15, 0.2) is 59.6 Å². The maximum Gasteiger partial charge on any atom is 0.355 e. The molecule has 0 radical (unpaired) electrons. The Balaban J connectivity index is 1.26. The van der Waals surface area contributed by atoms with E-state index in [1.54, 1.807) is 30.2 Å². The zero-order valence-electron chi connectivity index (χ0n) is 42.0. The number of likely N-dealkylation sites (N-methyl/N-ethyl adjacent to an activating group) is 1. The van der Waals surface area contributed by atoms with Crippen molar-refractivity contribution in [2.45, 2.75) is 110 Å². The number of amides is 5. The fourth-order valence-corrected chi connectivity index (χ4v) is 11.0. The van der Waals surface area contributed by atoms with Gasteiger partial charge in [-0.1, -0.05) is 53.0 Å². The number of carbonyl (C=O) groups is 5. The van der Waals surface area contributed by atoms with Gasteiger partial charge in [0.2, 0.25) is 17.5 Å². The summed E-state index contributed by atoms with van der Waals surface area (Å²) in [4.78, 5) is 84.2. The maximum atomic E-state index is 14.7. The number of hydrogen-bond acceptors (Lipinski definition) is 13. The monoisotopic (exact) mass is 983 g/mol. The number of likely N-dealkylation sites (tertiary alicyclic amines) is 1. The summed E-state index contributed by atoms with van der Waals surface area (Å²) in [6.07, 6.45) is 5.08. The van der Waals surface area contributed by atoms with E-state index in [4.69, 9.17) is 24.2 Å². The number of aromatic nitrogens is 2. The average molecular weight is 984 g/mol. The first-order valence-electron chi connectivity index (χ1n) is 24.1. The fraction of sp³-hybridized carbons (Fsp3) is 0.549. The number of aliphatic imine (C=N–C) groups is 1. The van der Waals surface area contributed by atoms with Crippen LogP contribution in [0.2, 0.25) is 0 Å². The molecule has 378 valence electrons. The number of esters is 1. The van der Waals surface area contributed by atoms with Crippen LogP contribution < -0.4 is 10.7 Å². The third-order valence-electron chi connectivity index (χ3n) is 13.7. The molecule has 19 heteroatoms.